The van der Waals surface area contributed by atoms with E-state index in [9.17, 15) is 44.1 Å². The fourth-order valence-corrected chi connectivity index (χ4v) is 7.06. The lowest BCUT2D eigenvalue weighted by Crippen LogP contribution is -2.39. The fourth-order valence-electron chi connectivity index (χ4n) is 6.94. The van der Waals surface area contributed by atoms with Gasteiger partial charge in [-0.15, -0.1) is 0 Å². The van der Waals surface area contributed by atoms with Crippen LogP contribution >= 0.6 is 11.6 Å². The van der Waals surface area contributed by atoms with E-state index in [0.29, 0.717) is 44.5 Å². The zero-order chi connectivity index (χ0) is 55.3. The topological polar surface area (TPSA) is 241 Å². The monoisotopic (exact) mass is 1040 g/mol. The molecule has 4 aromatic carbocycles. The molecule has 0 aliphatic heterocycles. The van der Waals surface area contributed by atoms with Crippen molar-refractivity contribution in [1.82, 2.24) is 20.6 Å². The Bertz CT molecular complexity index is 2930. The number of carbonyl (C=O) groups is 6. The number of phenols is 3. The first-order valence-corrected chi connectivity index (χ1v) is 24.5. The number of aromatic nitrogens is 2. The van der Waals surface area contributed by atoms with Gasteiger partial charge in [-0.3, -0.25) is 33.9 Å². The van der Waals surface area contributed by atoms with Crippen LogP contribution in [0.25, 0.3) is 0 Å². The maximum atomic E-state index is 12.7. The van der Waals surface area contributed by atoms with E-state index in [-0.39, 0.29) is 76.2 Å². The van der Waals surface area contributed by atoms with Crippen molar-refractivity contribution in [2.45, 2.75) is 81.1 Å². The summed E-state index contributed by atoms with van der Waals surface area (Å²) in [5.74, 6) is -1.30. The van der Waals surface area contributed by atoms with E-state index in [2.05, 4.69) is 20.6 Å². The molecule has 0 spiro atoms. The van der Waals surface area contributed by atoms with Crippen LogP contribution in [0.2, 0.25) is 0 Å². The second-order valence-electron chi connectivity index (χ2n) is 19.0. The van der Waals surface area contributed by atoms with Gasteiger partial charge in [-0.25, -0.2) is 4.79 Å². The summed E-state index contributed by atoms with van der Waals surface area (Å²) in [6.07, 6.45) is 8.45. The summed E-state index contributed by atoms with van der Waals surface area (Å²) in [7, 11) is 0. The minimum atomic E-state index is -0.697. The predicted octanol–water partition coefficient (Wildman–Crippen LogP) is 10.2. The molecule has 2 heterocycles. The van der Waals surface area contributed by atoms with Crippen LogP contribution < -0.4 is 24.8 Å². The molecule has 6 rings (SSSR count). The molecule has 0 aliphatic carbocycles. The van der Waals surface area contributed by atoms with Crippen LogP contribution in [0.5, 0.6) is 34.5 Å². The molecule has 16 nitrogen and oxygen atoms in total. The number of Topliss-reactive ketones (excluding diaryl/α,β-unsaturated/α-hetero) is 2. The largest absolute Gasteiger partial charge is 0.504 e. The van der Waals surface area contributed by atoms with Gasteiger partial charge in [-0.05, 0) is 160 Å². The van der Waals surface area contributed by atoms with Crippen molar-refractivity contribution in [2.24, 2.45) is 10.8 Å². The Morgan fingerprint density at radius 3 is 1.40 bits per heavy atom. The summed E-state index contributed by atoms with van der Waals surface area (Å²) in [5.41, 5.74) is 4.11. The molecule has 0 saturated carbocycles. The number of esters is 1. The second-order valence-corrected chi connectivity index (χ2v) is 19.3. The number of pyridine rings is 2. The number of ketones is 2. The summed E-state index contributed by atoms with van der Waals surface area (Å²) < 4.78 is 16.9. The normalized spacial score (nSPS) is 10.8. The van der Waals surface area contributed by atoms with Gasteiger partial charge in [0.05, 0.1) is 37.4 Å². The molecular weight excluding hydrogens is 980 g/mol. The van der Waals surface area contributed by atoms with Gasteiger partial charge in [0.2, 0.25) is 11.8 Å². The van der Waals surface area contributed by atoms with E-state index in [1.165, 1.54) is 61.1 Å². The number of carbonyl (C=O) groups excluding carboxylic acids is 6. The highest BCUT2D eigenvalue weighted by Crippen LogP contribution is 2.30. The van der Waals surface area contributed by atoms with E-state index in [4.69, 9.17) is 25.8 Å². The summed E-state index contributed by atoms with van der Waals surface area (Å²) in [6.45, 7) is 15.9. The van der Waals surface area contributed by atoms with Crippen molar-refractivity contribution < 1.29 is 58.3 Å². The van der Waals surface area contributed by atoms with Crippen molar-refractivity contribution in [3.05, 3.63) is 166 Å². The van der Waals surface area contributed by atoms with Crippen molar-refractivity contribution in [1.29, 1.82) is 0 Å². The molecule has 0 aliphatic rings. The van der Waals surface area contributed by atoms with Gasteiger partial charge >= 0.3 is 5.97 Å². The highest BCUT2D eigenvalue weighted by atomic mass is 35.5. The Kier molecular flexibility index (Phi) is 22.5. The molecule has 5 N–H and O–H groups in total. The van der Waals surface area contributed by atoms with E-state index in [1.807, 2.05) is 91.8 Å². The SMILES string of the molecule is Cc1ccc(C)c(OCCCC(C)(C)C(=O)NCC(=O)c2ccc(O)c(O)c2)c1.Cc1ccc(C)c(OCCCC(C)(C)C(=O)NCC(=O)c2ccc(OC(=O)c3cccnc3)c(O)c2)c1.O=C(Cl)c1cccnc1. The maximum Gasteiger partial charge on any atom is 0.345 e. The lowest BCUT2D eigenvalue weighted by Gasteiger charge is -2.23. The van der Waals surface area contributed by atoms with Crippen LogP contribution in [0.15, 0.2) is 122 Å². The third kappa shape index (κ3) is 19.4. The number of amides is 2. The highest BCUT2D eigenvalue weighted by molar-refractivity contribution is 6.67. The molecule has 0 atom stereocenters. The first kappa shape index (κ1) is 59.5. The van der Waals surface area contributed by atoms with Gasteiger partial charge in [-0.2, -0.15) is 0 Å². The van der Waals surface area contributed by atoms with E-state index < -0.39 is 22.0 Å². The summed E-state index contributed by atoms with van der Waals surface area (Å²) in [6, 6.07) is 26.3. The predicted molar refractivity (Wildman–Crippen MR) is 285 cm³/mol. The van der Waals surface area contributed by atoms with Gasteiger partial charge in [0, 0.05) is 46.7 Å². The van der Waals surface area contributed by atoms with Crippen LogP contribution in [0.3, 0.4) is 0 Å². The second kappa shape index (κ2) is 28.4. The number of aryl methyl sites for hydroxylation is 4. The zero-order valence-electron chi connectivity index (χ0n) is 43.5. The molecular formula is C58H65ClN4O12. The fraction of sp³-hybridized carbons (Fsp3) is 0.310. The molecule has 0 fully saturated rings. The number of hydrogen-bond donors (Lipinski definition) is 5. The number of halogens is 1. The number of ether oxygens (including phenoxy) is 3. The highest BCUT2D eigenvalue weighted by Gasteiger charge is 2.29. The molecule has 2 amide bonds. The standard InChI is InChI=1S/C29H32N2O6.C23H29NO5.C6H4ClNO/c1-19-8-9-20(2)26(15-19)36-14-6-12-29(3,4)28(35)31-18-24(33)21-10-11-25(23(32)16-21)37-27(34)22-7-5-13-30-17-22;1-15-6-7-16(2)21(12-15)29-11-5-10-23(3,4)22(28)24-14-20(27)17-8-9-18(25)19(26)13-17;7-6(9)5-2-1-3-8-4-5/h5,7-11,13,15-17,32H,6,12,14,18H2,1-4H3,(H,31,35);6-9,12-13,25-26H,5,10-11,14H2,1-4H3,(H,24,28);1-4H. The molecule has 75 heavy (non-hydrogen) atoms. The Balaban J connectivity index is 0.000000283. The third-order valence-corrected chi connectivity index (χ3v) is 11.9. The summed E-state index contributed by atoms with van der Waals surface area (Å²) in [4.78, 5) is 80.1. The molecule has 0 radical (unpaired) electrons. The van der Waals surface area contributed by atoms with E-state index in [1.54, 1.807) is 24.4 Å². The van der Waals surface area contributed by atoms with Crippen molar-refractivity contribution in [3.63, 3.8) is 0 Å². The maximum absolute atomic E-state index is 12.7. The molecule has 0 saturated heterocycles. The van der Waals surface area contributed by atoms with E-state index >= 15 is 0 Å². The van der Waals surface area contributed by atoms with Crippen molar-refractivity contribution in [2.75, 3.05) is 26.3 Å². The average molecular weight is 1050 g/mol. The van der Waals surface area contributed by atoms with Crippen LogP contribution in [0.1, 0.15) is 117 Å². The first-order chi connectivity index (χ1) is 35.5. The number of nitrogens with zero attached hydrogens (tertiary/aromatic N) is 2. The number of aromatic hydroxyl groups is 3. The average Bonchev–Trinajstić information content (AvgIpc) is 3.38. The minimum Gasteiger partial charge on any atom is -0.504 e. The number of benzene rings is 4. The van der Waals surface area contributed by atoms with Crippen LogP contribution in [0.4, 0.5) is 0 Å². The minimum absolute atomic E-state index is 0.0846. The quantitative estimate of drug-likeness (QED) is 0.0113. The summed E-state index contributed by atoms with van der Waals surface area (Å²) in [5, 5.41) is 33.9. The summed E-state index contributed by atoms with van der Waals surface area (Å²) >= 11 is 5.12. The zero-order valence-corrected chi connectivity index (χ0v) is 44.2. The molecule has 0 unspecified atom stereocenters. The molecule has 17 heteroatoms. The first-order valence-electron chi connectivity index (χ1n) is 24.1. The van der Waals surface area contributed by atoms with Gasteiger partial charge in [0.25, 0.3) is 5.24 Å². The van der Waals surface area contributed by atoms with E-state index in [0.717, 1.165) is 33.8 Å². The molecule has 2 aromatic heterocycles. The van der Waals surface area contributed by atoms with Gasteiger partial charge in [0.15, 0.2) is 34.6 Å². The molecule has 6 aromatic rings. The van der Waals surface area contributed by atoms with Crippen LogP contribution in [-0.2, 0) is 9.59 Å². The van der Waals surface area contributed by atoms with Crippen molar-refractivity contribution in [3.8, 4) is 34.5 Å². The third-order valence-electron chi connectivity index (χ3n) is 11.7. The Morgan fingerprint density at radius 1 is 0.533 bits per heavy atom. The van der Waals surface area contributed by atoms with Gasteiger partial charge < -0.3 is 40.2 Å². The van der Waals surface area contributed by atoms with Gasteiger partial charge in [-0.1, -0.05) is 52.0 Å². The van der Waals surface area contributed by atoms with Gasteiger partial charge in [0.1, 0.15) is 11.5 Å². The number of hydrogen-bond acceptors (Lipinski definition) is 14. The van der Waals surface area contributed by atoms with Crippen molar-refractivity contribution >= 4 is 46.2 Å². The Morgan fingerprint density at radius 2 is 0.987 bits per heavy atom. The number of rotatable bonds is 21. The van der Waals surface area contributed by atoms with Crippen LogP contribution in [0, 0.1) is 38.5 Å². The van der Waals surface area contributed by atoms with Crippen LogP contribution in [-0.4, -0.2) is 86.2 Å². The lowest BCUT2D eigenvalue weighted by molar-refractivity contribution is -0.130. The Labute approximate surface area is 442 Å². The lowest BCUT2D eigenvalue weighted by atomic mass is 9.87. The Hall–Kier alpha value is -8.11. The molecule has 0 bridgehead atoms. The number of phenolic OH excluding ortho intramolecular Hbond substituents is 3. The molecule has 396 valence electrons. The smallest absolute Gasteiger partial charge is 0.345 e. The number of nitrogens with one attached hydrogen (secondary N) is 2.